The van der Waals surface area contributed by atoms with Gasteiger partial charge >= 0.3 is 12.1 Å². The van der Waals surface area contributed by atoms with Crippen LogP contribution in [0, 0.1) is 16.7 Å². The van der Waals surface area contributed by atoms with Crippen LogP contribution >= 0.6 is 0 Å². The number of carbonyl (C=O) groups excluding carboxylic acids is 2. The molecule has 3 N–H and O–H groups in total. The molecule has 1 aromatic carbocycles. The van der Waals surface area contributed by atoms with E-state index in [9.17, 15) is 32.5 Å². The Morgan fingerprint density at radius 2 is 1.74 bits per heavy atom. The molecule has 9 nitrogen and oxygen atoms in total. The van der Waals surface area contributed by atoms with Crippen LogP contribution in [-0.4, -0.2) is 65.1 Å². The number of amides is 1. The number of ketones is 1. The molecule has 3 unspecified atom stereocenters. The molecule has 1 aromatic rings. The molecule has 4 atom stereocenters. The lowest BCUT2D eigenvalue weighted by Gasteiger charge is -2.32. The predicted octanol–water partition coefficient (Wildman–Crippen LogP) is 3.82. The average molecular weight is 543 g/mol. The number of hydrogen-bond acceptors (Lipinski definition) is 7. The zero-order chi connectivity index (χ0) is 28.6. The van der Waals surface area contributed by atoms with Gasteiger partial charge in [0.15, 0.2) is 0 Å². The highest BCUT2D eigenvalue weighted by Crippen LogP contribution is 2.24. The summed E-state index contributed by atoms with van der Waals surface area (Å²) in [6.07, 6.45) is -4.20. The van der Waals surface area contributed by atoms with Gasteiger partial charge in [0.1, 0.15) is 6.04 Å². The highest BCUT2D eigenvalue weighted by Gasteiger charge is 2.46. The number of carbonyl (C=O) groups is 3. The van der Waals surface area contributed by atoms with Gasteiger partial charge in [0.25, 0.3) is 5.78 Å². The summed E-state index contributed by atoms with van der Waals surface area (Å²) in [4.78, 5) is 48.6. The first kappa shape index (κ1) is 31.4. The minimum atomic E-state index is -5.02. The van der Waals surface area contributed by atoms with Crippen molar-refractivity contribution in [1.82, 2.24) is 15.5 Å². The third-order valence-corrected chi connectivity index (χ3v) is 6.86. The van der Waals surface area contributed by atoms with E-state index >= 15 is 0 Å². The lowest BCUT2D eigenvalue weighted by Crippen LogP contribution is -2.55. The Morgan fingerprint density at radius 3 is 2.24 bits per heavy atom. The van der Waals surface area contributed by atoms with E-state index in [2.05, 4.69) is 15.8 Å². The van der Waals surface area contributed by atoms with Gasteiger partial charge in [-0.3, -0.25) is 19.3 Å². The number of nitroso groups, excluding NO2 is 1. The molecule has 1 fully saturated rings. The Kier molecular flexibility index (Phi) is 11.4. The summed E-state index contributed by atoms with van der Waals surface area (Å²) in [5.41, 5.74) is 1.42. The molecule has 38 heavy (non-hydrogen) atoms. The fraction of sp³-hybridized carbons (Fsp3) is 0.654. The number of hydrogen-bond donors (Lipinski definition) is 3. The van der Waals surface area contributed by atoms with E-state index in [1.165, 1.54) is 13.8 Å². The van der Waals surface area contributed by atoms with Crippen molar-refractivity contribution < 1.29 is 32.7 Å². The smallest absolute Gasteiger partial charge is 0.452 e. The summed E-state index contributed by atoms with van der Waals surface area (Å²) in [6, 6.07) is 3.66. The Bertz CT molecular complexity index is 969. The van der Waals surface area contributed by atoms with Crippen molar-refractivity contribution in [3.8, 4) is 0 Å². The number of nitrogens with one attached hydrogen (secondary N) is 2. The van der Waals surface area contributed by atoms with Crippen LogP contribution in [-0.2, 0) is 20.9 Å². The predicted molar refractivity (Wildman–Crippen MR) is 135 cm³/mol. The van der Waals surface area contributed by atoms with Crippen LogP contribution in [0.4, 0.5) is 13.2 Å². The molecule has 0 saturated carbocycles. The molecule has 0 bridgehead atoms. The van der Waals surface area contributed by atoms with Crippen molar-refractivity contribution >= 4 is 17.7 Å². The number of likely N-dealkylation sites (tertiary alicyclic amines) is 1. The number of aliphatic carboxylic acids is 1. The Morgan fingerprint density at radius 1 is 1.11 bits per heavy atom. The molecular formula is C26H37F3N4O5. The van der Waals surface area contributed by atoms with Gasteiger partial charge in [-0.05, 0) is 42.3 Å². The van der Waals surface area contributed by atoms with Gasteiger partial charge in [-0.15, -0.1) is 0 Å². The lowest BCUT2D eigenvalue weighted by molar-refractivity contribution is -0.175. The molecule has 1 saturated heterocycles. The van der Waals surface area contributed by atoms with Gasteiger partial charge in [0, 0.05) is 19.1 Å². The highest BCUT2D eigenvalue weighted by molar-refractivity contribution is 5.94. The van der Waals surface area contributed by atoms with Crippen molar-refractivity contribution in [1.29, 1.82) is 0 Å². The molecule has 2 rings (SSSR count). The Hall–Kier alpha value is -2.86. The van der Waals surface area contributed by atoms with E-state index in [4.69, 9.17) is 5.11 Å². The summed E-state index contributed by atoms with van der Waals surface area (Å²) < 4.78 is 39.1. The quantitative estimate of drug-likeness (QED) is 0.305. The van der Waals surface area contributed by atoms with Gasteiger partial charge in [0.2, 0.25) is 5.91 Å². The van der Waals surface area contributed by atoms with Crippen LogP contribution in [0.3, 0.4) is 0 Å². The maximum Gasteiger partial charge on any atom is 0.452 e. The molecule has 1 amide bonds. The van der Waals surface area contributed by atoms with Gasteiger partial charge in [-0.25, -0.2) is 0 Å². The zero-order valence-electron chi connectivity index (χ0n) is 22.1. The maximum absolute atomic E-state index is 13.0. The van der Waals surface area contributed by atoms with E-state index in [0.717, 1.165) is 5.56 Å². The van der Waals surface area contributed by atoms with Crippen LogP contribution in [0.25, 0.3) is 0 Å². The maximum atomic E-state index is 13.0. The van der Waals surface area contributed by atoms with Gasteiger partial charge in [0.05, 0.1) is 18.5 Å². The number of carboxylic acid groups (broad SMARTS) is 1. The molecule has 0 aromatic heterocycles. The second-order valence-corrected chi connectivity index (χ2v) is 10.4. The summed E-state index contributed by atoms with van der Waals surface area (Å²) in [5, 5.41) is 17.6. The van der Waals surface area contributed by atoms with Crippen LogP contribution in [0.2, 0.25) is 0 Å². The number of rotatable bonds is 14. The first-order valence-corrected chi connectivity index (χ1v) is 12.8. The molecule has 12 heteroatoms. The fourth-order valence-corrected chi connectivity index (χ4v) is 4.55. The number of benzene rings is 1. The molecule has 1 aliphatic heterocycles. The molecule has 0 spiro atoms. The standard InChI is InChI=1S/C26H37F3N4O5/c1-15(2)20(30-13-17-7-9-18(10-8-17)19(32-38)12-22(34)35)14-33-11-5-6-21(33)25(37)31-23(16(3)4)24(36)26(27,28)29/h7-10,15-16,19-21,23,30H,5-6,11-14H2,1-4H3,(H,31,37)(H,34,35)/t19?,20?,21-,23?/m0/s1. The highest BCUT2D eigenvalue weighted by atomic mass is 19.4. The third-order valence-electron chi connectivity index (χ3n) is 6.86. The monoisotopic (exact) mass is 542 g/mol. The number of nitrogens with zero attached hydrogens (tertiary/aromatic N) is 2. The summed E-state index contributed by atoms with van der Waals surface area (Å²) >= 11 is 0. The van der Waals surface area contributed by atoms with Crippen LogP contribution in [0.15, 0.2) is 29.4 Å². The molecule has 0 radical (unpaired) electrons. The number of carboxylic acids is 1. The fourth-order valence-electron chi connectivity index (χ4n) is 4.55. The van der Waals surface area contributed by atoms with Crippen LogP contribution < -0.4 is 10.6 Å². The minimum absolute atomic E-state index is 0.0443. The second-order valence-electron chi connectivity index (χ2n) is 10.4. The summed E-state index contributed by atoms with van der Waals surface area (Å²) in [7, 11) is 0. The molecule has 1 aliphatic rings. The van der Waals surface area contributed by atoms with Crippen molar-refractivity contribution in [3.63, 3.8) is 0 Å². The van der Waals surface area contributed by atoms with E-state index in [0.29, 0.717) is 38.0 Å². The van der Waals surface area contributed by atoms with Crippen molar-refractivity contribution in [2.24, 2.45) is 17.0 Å². The first-order chi connectivity index (χ1) is 17.7. The molecule has 212 valence electrons. The molecular weight excluding hydrogens is 505 g/mol. The van der Waals surface area contributed by atoms with E-state index in [1.807, 2.05) is 18.7 Å². The normalized spacial score (nSPS) is 18.8. The first-order valence-electron chi connectivity index (χ1n) is 12.8. The Balaban J connectivity index is 2.02. The molecule has 0 aliphatic carbocycles. The van der Waals surface area contributed by atoms with Gasteiger partial charge in [-0.1, -0.05) is 57.1 Å². The summed E-state index contributed by atoms with van der Waals surface area (Å²) in [6.45, 7) is 8.55. The SMILES string of the molecule is CC(C)C(CN1CCC[C@H]1C(=O)NC(C(=O)C(F)(F)F)C(C)C)NCc1ccc(C(CC(=O)O)N=O)cc1. The summed E-state index contributed by atoms with van der Waals surface area (Å²) in [5.74, 6) is -4.16. The van der Waals surface area contributed by atoms with Gasteiger partial charge in [-0.2, -0.15) is 18.1 Å². The topological polar surface area (TPSA) is 128 Å². The van der Waals surface area contributed by atoms with Crippen molar-refractivity contribution in [2.45, 2.75) is 83.8 Å². The number of halogens is 3. The zero-order valence-corrected chi connectivity index (χ0v) is 22.1. The minimum Gasteiger partial charge on any atom is -0.481 e. The van der Waals surface area contributed by atoms with E-state index in [-0.39, 0.29) is 18.4 Å². The van der Waals surface area contributed by atoms with E-state index < -0.39 is 47.9 Å². The second kappa shape index (κ2) is 13.8. The van der Waals surface area contributed by atoms with E-state index in [1.54, 1.807) is 24.3 Å². The number of alkyl halides is 3. The number of Topliss-reactive ketones (excluding diaryl/α,β-unsaturated/α-hetero) is 1. The van der Waals surface area contributed by atoms with Crippen LogP contribution in [0.5, 0.6) is 0 Å². The molecule has 1 heterocycles. The van der Waals surface area contributed by atoms with Crippen LogP contribution in [0.1, 0.15) is 64.1 Å². The lowest BCUT2D eigenvalue weighted by atomic mass is 9.98. The van der Waals surface area contributed by atoms with Gasteiger partial charge < -0.3 is 15.7 Å². The largest absolute Gasteiger partial charge is 0.481 e. The van der Waals surface area contributed by atoms with Crippen molar-refractivity contribution in [2.75, 3.05) is 13.1 Å². The third kappa shape index (κ3) is 8.87. The Labute approximate surface area is 220 Å². The van der Waals surface area contributed by atoms with Crippen molar-refractivity contribution in [3.05, 3.63) is 40.3 Å². The average Bonchev–Trinajstić information content (AvgIpc) is 3.30.